The fraction of sp³-hybridized carbons (Fsp3) is 0.727. The topological polar surface area (TPSA) is 59.8 Å². The van der Waals surface area contributed by atoms with Crippen molar-refractivity contribution in [2.24, 2.45) is 7.05 Å². The molecule has 0 spiro atoms. The zero-order valence-corrected chi connectivity index (χ0v) is 9.86. The van der Waals surface area contributed by atoms with Crippen molar-refractivity contribution in [3.8, 4) is 0 Å². The molecule has 0 aliphatic heterocycles. The summed E-state index contributed by atoms with van der Waals surface area (Å²) in [7, 11) is 1.62. The molecule has 0 bridgehead atoms. The van der Waals surface area contributed by atoms with Gasteiger partial charge in [-0.2, -0.15) is 10.1 Å². The zero-order valence-electron chi connectivity index (χ0n) is 9.86. The molecule has 1 heterocycles. The van der Waals surface area contributed by atoms with Crippen LogP contribution in [0.15, 0.2) is 4.79 Å². The third kappa shape index (κ3) is 2.40. The van der Waals surface area contributed by atoms with Crippen LogP contribution in [0, 0.1) is 6.92 Å². The second-order valence-corrected chi connectivity index (χ2v) is 4.43. The van der Waals surface area contributed by atoms with Crippen molar-refractivity contribution >= 4 is 5.82 Å². The molecule has 1 N–H and O–H groups in total. The van der Waals surface area contributed by atoms with Crippen molar-refractivity contribution < 1.29 is 0 Å². The van der Waals surface area contributed by atoms with E-state index in [0.29, 0.717) is 11.9 Å². The summed E-state index contributed by atoms with van der Waals surface area (Å²) >= 11 is 0. The molecular formula is C11H18N4O. The van der Waals surface area contributed by atoms with Gasteiger partial charge in [0.25, 0.3) is 0 Å². The standard InChI is InChI=1S/C11H18N4O/c1-8-10(13-11(16)15(2)14-8)12-9-6-4-3-5-7-9/h9H,3-7H2,1-2H3,(H,12,13,16). The highest BCUT2D eigenvalue weighted by molar-refractivity contribution is 5.38. The van der Waals surface area contributed by atoms with Gasteiger partial charge in [0, 0.05) is 13.1 Å². The van der Waals surface area contributed by atoms with Crippen LogP contribution in [-0.4, -0.2) is 20.8 Å². The molecule has 0 aromatic carbocycles. The fourth-order valence-corrected chi connectivity index (χ4v) is 2.14. The van der Waals surface area contributed by atoms with Gasteiger partial charge in [0.15, 0.2) is 5.82 Å². The van der Waals surface area contributed by atoms with Crippen LogP contribution in [0.2, 0.25) is 0 Å². The highest BCUT2D eigenvalue weighted by Gasteiger charge is 2.15. The maximum Gasteiger partial charge on any atom is 0.365 e. The number of hydrogen-bond donors (Lipinski definition) is 1. The Bertz CT molecular complexity index is 420. The largest absolute Gasteiger partial charge is 0.366 e. The molecule has 2 rings (SSSR count). The highest BCUT2D eigenvalue weighted by atomic mass is 16.1. The van der Waals surface area contributed by atoms with Crippen molar-refractivity contribution in [2.75, 3.05) is 5.32 Å². The number of aryl methyl sites for hydroxylation is 2. The van der Waals surface area contributed by atoms with Crippen LogP contribution >= 0.6 is 0 Å². The van der Waals surface area contributed by atoms with Gasteiger partial charge in [-0.3, -0.25) is 0 Å². The molecule has 88 valence electrons. The summed E-state index contributed by atoms with van der Waals surface area (Å²) in [6.45, 7) is 1.87. The second kappa shape index (κ2) is 4.63. The van der Waals surface area contributed by atoms with Gasteiger partial charge in [0.05, 0.1) is 0 Å². The van der Waals surface area contributed by atoms with Gasteiger partial charge in [-0.05, 0) is 19.8 Å². The summed E-state index contributed by atoms with van der Waals surface area (Å²) < 4.78 is 1.27. The minimum Gasteiger partial charge on any atom is -0.366 e. The Kier molecular flexibility index (Phi) is 3.22. The van der Waals surface area contributed by atoms with Crippen molar-refractivity contribution in [3.05, 3.63) is 16.2 Å². The fourth-order valence-electron chi connectivity index (χ4n) is 2.14. The summed E-state index contributed by atoms with van der Waals surface area (Å²) in [5.41, 5.74) is 0.483. The predicted octanol–water partition coefficient (Wildman–Crippen LogP) is 1.23. The maximum atomic E-state index is 11.4. The van der Waals surface area contributed by atoms with Crippen LogP contribution in [-0.2, 0) is 7.05 Å². The van der Waals surface area contributed by atoms with E-state index in [4.69, 9.17) is 0 Å². The number of rotatable bonds is 2. The Morgan fingerprint density at radius 3 is 2.69 bits per heavy atom. The number of anilines is 1. The van der Waals surface area contributed by atoms with E-state index in [1.54, 1.807) is 7.05 Å². The molecule has 0 amide bonds. The summed E-state index contributed by atoms with van der Waals surface area (Å²) in [5.74, 6) is 0.648. The predicted molar refractivity (Wildman–Crippen MR) is 62.5 cm³/mol. The zero-order chi connectivity index (χ0) is 11.5. The lowest BCUT2D eigenvalue weighted by atomic mass is 9.95. The van der Waals surface area contributed by atoms with E-state index in [-0.39, 0.29) is 5.69 Å². The van der Waals surface area contributed by atoms with Gasteiger partial charge in [-0.1, -0.05) is 19.3 Å². The molecule has 5 nitrogen and oxygen atoms in total. The average molecular weight is 222 g/mol. The van der Waals surface area contributed by atoms with Crippen LogP contribution in [0.5, 0.6) is 0 Å². The number of nitrogens with zero attached hydrogens (tertiary/aromatic N) is 3. The summed E-state index contributed by atoms with van der Waals surface area (Å²) in [5, 5.41) is 7.45. The summed E-state index contributed by atoms with van der Waals surface area (Å²) in [6, 6.07) is 0.453. The lowest BCUT2D eigenvalue weighted by Crippen LogP contribution is -2.29. The Morgan fingerprint density at radius 2 is 2.00 bits per heavy atom. The first-order chi connectivity index (χ1) is 7.66. The SMILES string of the molecule is Cc1nn(C)c(=O)nc1NC1CCCCC1. The lowest BCUT2D eigenvalue weighted by molar-refractivity contribution is 0.460. The van der Waals surface area contributed by atoms with E-state index in [1.807, 2.05) is 6.92 Å². The van der Waals surface area contributed by atoms with E-state index in [1.165, 1.54) is 23.9 Å². The molecular weight excluding hydrogens is 204 g/mol. The van der Waals surface area contributed by atoms with Gasteiger partial charge in [0.2, 0.25) is 0 Å². The third-order valence-corrected chi connectivity index (χ3v) is 3.07. The van der Waals surface area contributed by atoms with E-state index >= 15 is 0 Å². The van der Waals surface area contributed by atoms with Gasteiger partial charge in [0.1, 0.15) is 5.69 Å². The molecule has 1 aromatic rings. The van der Waals surface area contributed by atoms with Crippen LogP contribution in [0.1, 0.15) is 37.8 Å². The highest BCUT2D eigenvalue weighted by Crippen LogP contribution is 2.20. The molecule has 0 atom stereocenters. The van der Waals surface area contributed by atoms with E-state index in [0.717, 1.165) is 18.5 Å². The first-order valence-electron chi connectivity index (χ1n) is 5.85. The molecule has 16 heavy (non-hydrogen) atoms. The minimum atomic E-state index is -0.302. The first-order valence-corrected chi connectivity index (χ1v) is 5.85. The number of hydrogen-bond acceptors (Lipinski definition) is 4. The third-order valence-electron chi connectivity index (χ3n) is 3.07. The number of aromatic nitrogens is 3. The van der Waals surface area contributed by atoms with E-state index < -0.39 is 0 Å². The monoisotopic (exact) mass is 222 g/mol. The van der Waals surface area contributed by atoms with E-state index in [9.17, 15) is 4.79 Å². The van der Waals surface area contributed by atoms with E-state index in [2.05, 4.69) is 15.4 Å². The van der Waals surface area contributed by atoms with Gasteiger partial charge in [-0.25, -0.2) is 9.48 Å². The Balaban J connectivity index is 2.14. The molecule has 1 aromatic heterocycles. The van der Waals surface area contributed by atoms with Crippen molar-refractivity contribution in [1.29, 1.82) is 0 Å². The maximum absolute atomic E-state index is 11.4. The summed E-state index contributed by atoms with van der Waals surface area (Å²) in [6.07, 6.45) is 6.16. The normalized spacial score (nSPS) is 17.4. The molecule has 0 saturated heterocycles. The molecule has 5 heteroatoms. The Hall–Kier alpha value is -1.39. The smallest absolute Gasteiger partial charge is 0.365 e. The van der Waals surface area contributed by atoms with Crippen molar-refractivity contribution in [1.82, 2.24) is 14.8 Å². The first kappa shape index (κ1) is 11.1. The second-order valence-electron chi connectivity index (χ2n) is 4.43. The average Bonchev–Trinajstić information content (AvgIpc) is 2.27. The molecule has 1 aliphatic carbocycles. The molecule has 1 aliphatic rings. The minimum absolute atomic E-state index is 0.302. The van der Waals surface area contributed by atoms with Gasteiger partial charge < -0.3 is 5.32 Å². The van der Waals surface area contributed by atoms with Gasteiger partial charge >= 0.3 is 5.69 Å². The van der Waals surface area contributed by atoms with Crippen molar-refractivity contribution in [3.63, 3.8) is 0 Å². The van der Waals surface area contributed by atoms with Crippen molar-refractivity contribution in [2.45, 2.75) is 45.1 Å². The Labute approximate surface area is 94.9 Å². The van der Waals surface area contributed by atoms with Crippen LogP contribution in [0.3, 0.4) is 0 Å². The lowest BCUT2D eigenvalue weighted by Gasteiger charge is -2.23. The summed E-state index contributed by atoms with van der Waals surface area (Å²) in [4.78, 5) is 15.4. The molecule has 1 fully saturated rings. The molecule has 0 unspecified atom stereocenters. The van der Waals surface area contributed by atoms with Crippen LogP contribution in [0.4, 0.5) is 5.82 Å². The van der Waals surface area contributed by atoms with Crippen LogP contribution < -0.4 is 11.0 Å². The molecule has 0 radical (unpaired) electrons. The number of nitrogens with one attached hydrogen (secondary N) is 1. The van der Waals surface area contributed by atoms with Gasteiger partial charge in [-0.15, -0.1) is 0 Å². The molecule has 1 saturated carbocycles. The Morgan fingerprint density at radius 1 is 1.31 bits per heavy atom. The van der Waals surface area contributed by atoms with Crippen LogP contribution in [0.25, 0.3) is 0 Å². The quantitative estimate of drug-likeness (QED) is 0.817.